The number of rotatable bonds is 9. The minimum atomic E-state index is -3.25. The highest BCUT2D eigenvalue weighted by atomic mass is 28.4. The van der Waals surface area contributed by atoms with E-state index in [2.05, 4.69) is 0 Å². The molecule has 36 heavy (non-hydrogen) atoms. The Hall–Kier alpha value is -3.66. The molecule has 0 saturated carbocycles. The highest BCUT2D eigenvalue weighted by Gasteiger charge is 2.53. The molecular weight excluding hydrogens is 484 g/mol. The van der Waals surface area contributed by atoms with Crippen molar-refractivity contribution in [3.8, 4) is 0 Å². The number of carboxylic acid groups (broad SMARTS) is 1. The number of hydrogen-bond donors (Lipinski definition) is 1. The molecule has 0 bridgehead atoms. The van der Waals surface area contributed by atoms with Gasteiger partial charge in [-0.25, -0.2) is 19.2 Å². The first-order chi connectivity index (χ1) is 16.8. The fourth-order valence-corrected chi connectivity index (χ4v) is 7.86. The van der Waals surface area contributed by atoms with Crippen molar-refractivity contribution in [3.63, 3.8) is 0 Å². The van der Waals surface area contributed by atoms with Gasteiger partial charge in [-0.3, -0.25) is 0 Å². The Morgan fingerprint density at radius 2 is 1.08 bits per heavy atom. The molecule has 0 aliphatic heterocycles. The summed E-state index contributed by atoms with van der Waals surface area (Å²) >= 11 is 0. The molecule has 0 saturated heterocycles. The molecule has 0 aliphatic rings. The van der Waals surface area contributed by atoms with Gasteiger partial charge in [0.25, 0.3) is 0 Å². The quantitative estimate of drug-likeness (QED) is 0.304. The third-order valence-corrected chi connectivity index (χ3v) is 10.4. The maximum atomic E-state index is 13.0. The molecule has 0 spiro atoms. The number of aliphatic carboxylic acids is 1. The number of benzene rings is 2. The highest BCUT2D eigenvalue weighted by molar-refractivity contribution is 7.00. The predicted molar refractivity (Wildman–Crippen MR) is 133 cm³/mol. The normalized spacial score (nSPS) is 14.1. The second-order valence-electron chi connectivity index (χ2n) is 9.27. The number of carbonyl (C=O) groups is 4. The first-order valence-corrected chi connectivity index (χ1v) is 13.3. The van der Waals surface area contributed by atoms with Crippen molar-refractivity contribution in [2.75, 3.05) is 0 Å². The monoisotopic (exact) mass is 516 g/mol. The molecule has 0 fully saturated rings. The molecule has 0 amide bonds. The topological polar surface area (TPSA) is 125 Å². The Morgan fingerprint density at radius 3 is 1.47 bits per heavy atom. The minimum absolute atomic E-state index is 0.502. The molecule has 1 N–H and O–H groups in total. The molecule has 0 heterocycles. The average molecular weight is 517 g/mol. The summed E-state index contributed by atoms with van der Waals surface area (Å²) in [4.78, 5) is 48.3. The van der Waals surface area contributed by atoms with Crippen molar-refractivity contribution in [3.05, 3.63) is 60.7 Å². The summed E-state index contributed by atoms with van der Waals surface area (Å²) in [6.45, 7) is 9.62. The minimum Gasteiger partial charge on any atom is -0.479 e. The summed E-state index contributed by atoms with van der Waals surface area (Å²) in [5.41, 5.74) is 0. The van der Waals surface area contributed by atoms with E-state index < -0.39 is 55.7 Å². The van der Waals surface area contributed by atoms with Crippen LogP contribution in [0.1, 0.15) is 41.5 Å². The smallest absolute Gasteiger partial charge is 0.479 e. The maximum Gasteiger partial charge on any atom is 0.495 e. The molecule has 2 aromatic rings. The average Bonchev–Trinajstić information content (AvgIpc) is 2.82. The Morgan fingerprint density at radius 1 is 0.694 bits per heavy atom. The number of hydrogen-bond acceptors (Lipinski definition) is 8. The van der Waals surface area contributed by atoms with Crippen LogP contribution in [-0.2, 0) is 33.0 Å². The molecule has 2 rings (SSSR count). The number of ether oxygens (including phenoxy) is 3. The largest absolute Gasteiger partial charge is 0.495 e. The van der Waals surface area contributed by atoms with Crippen LogP contribution >= 0.6 is 0 Å². The van der Waals surface area contributed by atoms with Gasteiger partial charge in [-0.1, -0.05) is 81.4 Å². The molecule has 10 heteroatoms. The third kappa shape index (κ3) is 6.72. The lowest BCUT2D eigenvalue weighted by molar-refractivity contribution is -0.178. The lowest BCUT2D eigenvalue weighted by Gasteiger charge is -2.41. The third-order valence-electron chi connectivity index (χ3n) is 5.52. The van der Waals surface area contributed by atoms with Crippen LogP contribution in [0.25, 0.3) is 0 Å². The van der Waals surface area contributed by atoms with Crippen LogP contribution in [0.3, 0.4) is 0 Å². The van der Waals surface area contributed by atoms with Crippen molar-refractivity contribution in [1.29, 1.82) is 0 Å². The molecule has 2 aromatic carbocycles. The molecule has 3 atom stereocenters. The Bertz CT molecular complexity index is 1020. The van der Waals surface area contributed by atoms with E-state index in [0.29, 0.717) is 0 Å². The SMILES string of the molecule is C[C@H](OC(=O)O[Si](c1ccccc1)(c1ccccc1)C(C)(C)C)C(=O)O[C@H](C)C(=O)O[C@H](C)C(=O)O. The predicted octanol–water partition coefficient (Wildman–Crippen LogP) is 3.04. The van der Waals surface area contributed by atoms with Crippen molar-refractivity contribution in [2.45, 2.75) is 64.9 Å². The van der Waals surface area contributed by atoms with Gasteiger partial charge in [0.15, 0.2) is 18.3 Å². The zero-order chi connectivity index (χ0) is 27.1. The van der Waals surface area contributed by atoms with Gasteiger partial charge in [-0.2, -0.15) is 0 Å². The molecule has 0 aromatic heterocycles. The summed E-state index contributed by atoms with van der Waals surface area (Å²) in [6, 6.07) is 18.8. The van der Waals surface area contributed by atoms with Crippen LogP contribution in [-0.4, -0.2) is 55.8 Å². The van der Waals surface area contributed by atoms with Gasteiger partial charge < -0.3 is 23.7 Å². The van der Waals surface area contributed by atoms with E-state index >= 15 is 0 Å². The van der Waals surface area contributed by atoms with Gasteiger partial charge in [0.2, 0.25) is 0 Å². The van der Waals surface area contributed by atoms with E-state index in [0.717, 1.165) is 10.4 Å². The summed E-state index contributed by atoms with van der Waals surface area (Å²) in [5, 5.41) is 10.0. The Kier molecular flexibility index (Phi) is 9.40. The first kappa shape index (κ1) is 28.6. The fourth-order valence-electron chi connectivity index (χ4n) is 3.63. The summed E-state index contributed by atoms with van der Waals surface area (Å²) in [6.07, 6.45) is -5.27. The van der Waals surface area contributed by atoms with Crippen LogP contribution in [0, 0.1) is 0 Å². The fraction of sp³-hybridized carbons (Fsp3) is 0.385. The molecule has 0 unspecified atom stereocenters. The van der Waals surface area contributed by atoms with E-state index in [1.807, 2.05) is 81.4 Å². The molecule has 9 nitrogen and oxygen atoms in total. The van der Waals surface area contributed by atoms with Crippen LogP contribution in [0.4, 0.5) is 4.79 Å². The summed E-state index contributed by atoms with van der Waals surface area (Å²) < 4.78 is 21.1. The van der Waals surface area contributed by atoms with Crippen molar-refractivity contribution in [2.24, 2.45) is 0 Å². The van der Waals surface area contributed by atoms with Crippen LogP contribution in [0.2, 0.25) is 5.04 Å². The van der Waals surface area contributed by atoms with Gasteiger partial charge in [-0.05, 0) is 31.1 Å². The van der Waals surface area contributed by atoms with Crippen LogP contribution in [0.15, 0.2) is 60.7 Å². The van der Waals surface area contributed by atoms with E-state index in [-0.39, 0.29) is 0 Å². The van der Waals surface area contributed by atoms with Crippen molar-refractivity contribution in [1.82, 2.24) is 0 Å². The number of esters is 2. The van der Waals surface area contributed by atoms with Crippen molar-refractivity contribution < 1.29 is 42.9 Å². The number of carboxylic acids is 1. The lowest BCUT2D eigenvalue weighted by atomic mass is 10.2. The second-order valence-corrected chi connectivity index (χ2v) is 13.5. The van der Waals surface area contributed by atoms with E-state index in [1.54, 1.807) is 0 Å². The highest BCUT2D eigenvalue weighted by Crippen LogP contribution is 2.37. The summed E-state index contributed by atoms with van der Waals surface area (Å²) in [7, 11) is -3.25. The van der Waals surface area contributed by atoms with E-state index in [9.17, 15) is 19.2 Å². The van der Waals surface area contributed by atoms with E-state index in [1.165, 1.54) is 20.8 Å². The number of carbonyl (C=O) groups excluding carboxylic acids is 3. The Labute approximate surface area is 211 Å². The van der Waals surface area contributed by atoms with Gasteiger partial charge >= 0.3 is 32.4 Å². The van der Waals surface area contributed by atoms with Gasteiger partial charge in [-0.15, -0.1) is 0 Å². The summed E-state index contributed by atoms with van der Waals surface area (Å²) in [5.74, 6) is -3.40. The Balaban J connectivity index is 2.22. The van der Waals surface area contributed by atoms with Gasteiger partial charge in [0.1, 0.15) is 0 Å². The maximum absolute atomic E-state index is 13.0. The lowest BCUT2D eigenvalue weighted by Crippen LogP contribution is -2.67. The second kappa shape index (κ2) is 11.8. The molecule has 0 radical (unpaired) electrons. The van der Waals surface area contributed by atoms with Gasteiger partial charge in [0, 0.05) is 5.04 Å². The standard InChI is InChI=1S/C26H32O9Si/c1-17(22(27)28)32-23(29)18(2)33-24(30)19(3)34-25(31)35-36(26(4,5)6,20-13-9-7-10-14-20)21-15-11-8-12-16-21/h7-19H,1-6H3,(H,27,28)/t17-,18-,19+/m1/s1. The molecule has 194 valence electrons. The van der Waals surface area contributed by atoms with Crippen LogP contribution < -0.4 is 10.4 Å². The molecular formula is C26H32O9Si. The zero-order valence-electron chi connectivity index (χ0n) is 21.2. The molecule has 0 aliphatic carbocycles. The first-order valence-electron chi connectivity index (χ1n) is 11.4. The van der Waals surface area contributed by atoms with Crippen LogP contribution in [0.5, 0.6) is 0 Å². The zero-order valence-corrected chi connectivity index (χ0v) is 22.2. The van der Waals surface area contributed by atoms with Crippen molar-refractivity contribution >= 4 is 42.8 Å². The van der Waals surface area contributed by atoms with Gasteiger partial charge in [0.05, 0.1) is 0 Å². The van der Waals surface area contributed by atoms with E-state index in [4.69, 9.17) is 23.7 Å².